The maximum Gasteiger partial charge on any atom is 0.261 e. The first-order valence-corrected chi connectivity index (χ1v) is 8.59. The zero-order valence-electron chi connectivity index (χ0n) is 13.0. The second-order valence-electron chi connectivity index (χ2n) is 6.00. The first-order valence-electron chi connectivity index (χ1n) is 7.38. The zero-order chi connectivity index (χ0) is 16.6. The van der Waals surface area contributed by atoms with Gasteiger partial charge < -0.3 is 0 Å². The van der Waals surface area contributed by atoms with Gasteiger partial charge in [-0.25, -0.2) is 4.39 Å². The van der Waals surface area contributed by atoms with E-state index < -0.39 is 5.16 Å². The number of hydrogen-bond acceptors (Lipinski definition) is 2. The van der Waals surface area contributed by atoms with Gasteiger partial charge in [-0.15, -0.1) is 0 Å². The first kappa shape index (κ1) is 15.6. The van der Waals surface area contributed by atoms with E-state index in [1.165, 1.54) is 11.0 Å². The highest BCUT2D eigenvalue weighted by Gasteiger charge is 2.43. The van der Waals surface area contributed by atoms with E-state index >= 15 is 0 Å². The summed E-state index contributed by atoms with van der Waals surface area (Å²) in [6.07, 6.45) is 0. The Bertz CT molecular complexity index is 753. The molecule has 0 spiro atoms. The van der Waals surface area contributed by atoms with E-state index in [4.69, 9.17) is 0 Å². The van der Waals surface area contributed by atoms with Crippen LogP contribution in [0.15, 0.2) is 48.5 Å². The fourth-order valence-corrected chi connectivity index (χ4v) is 4.00. The monoisotopic (exact) mass is 325 g/mol. The predicted octanol–water partition coefficient (Wildman–Crippen LogP) is 3.06. The van der Waals surface area contributed by atoms with E-state index in [-0.39, 0.29) is 27.2 Å². The molecule has 2 amide bonds. The lowest BCUT2D eigenvalue weighted by molar-refractivity contribution is 0.0571. The van der Waals surface area contributed by atoms with Crippen LogP contribution in [0.5, 0.6) is 0 Å². The second-order valence-corrected chi connectivity index (χ2v) is 7.93. The quantitative estimate of drug-likeness (QED) is 0.640. The Labute approximate surface area is 136 Å². The number of fused-ring (bicyclic) bond motifs is 1. The number of carbonyl (C=O) groups is 2. The molecule has 0 unspecified atom stereocenters. The molecule has 2 aromatic carbocycles. The van der Waals surface area contributed by atoms with Crippen LogP contribution in [-0.2, 0) is 6.04 Å². The summed E-state index contributed by atoms with van der Waals surface area (Å²) in [6.45, 7) is 3.71. The molecular weight excluding hydrogens is 309 g/mol. The summed E-state index contributed by atoms with van der Waals surface area (Å²) >= 11 is 0. The lowest BCUT2D eigenvalue weighted by atomic mass is 10.1. The molecule has 0 atom stereocenters. The highest BCUT2D eigenvalue weighted by molar-refractivity contribution is 6.42. The molecule has 23 heavy (non-hydrogen) atoms. The second kappa shape index (κ2) is 5.74. The SMILES string of the molecule is CC(C)([Si]Cc1ccccc1F)N1C(=O)c2ccccc2C1=O. The van der Waals surface area contributed by atoms with E-state index in [0.29, 0.717) is 22.7 Å². The zero-order valence-corrected chi connectivity index (χ0v) is 14.0. The number of imide groups is 1. The van der Waals surface area contributed by atoms with Crippen molar-refractivity contribution in [3.8, 4) is 0 Å². The number of amides is 2. The molecule has 0 aromatic heterocycles. The van der Waals surface area contributed by atoms with E-state index in [1.807, 2.05) is 13.8 Å². The molecule has 116 valence electrons. The lowest BCUT2D eigenvalue weighted by Gasteiger charge is -2.33. The van der Waals surface area contributed by atoms with Crippen LogP contribution in [0.25, 0.3) is 0 Å². The van der Waals surface area contributed by atoms with Crippen LogP contribution < -0.4 is 0 Å². The molecule has 2 aromatic rings. The van der Waals surface area contributed by atoms with E-state index in [2.05, 4.69) is 0 Å². The minimum Gasteiger partial charge on any atom is -0.272 e. The molecule has 0 saturated heterocycles. The molecule has 1 aliphatic rings. The summed E-state index contributed by atoms with van der Waals surface area (Å²) in [5.74, 6) is -0.786. The Morgan fingerprint density at radius 2 is 1.48 bits per heavy atom. The Hall–Kier alpha value is -2.27. The molecule has 0 fully saturated rings. The van der Waals surface area contributed by atoms with Crippen LogP contribution in [0.4, 0.5) is 4.39 Å². The van der Waals surface area contributed by atoms with Gasteiger partial charge in [0, 0.05) is 5.16 Å². The molecule has 3 nitrogen and oxygen atoms in total. The molecule has 1 heterocycles. The Balaban J connectivity index is 1.82. The van der Waals surface area contributed by atoms with E-state index in [9.17, 15) is 14.0 Å². The van der Waals surface area contributed by atoms with Crippen molar-refractivity contribution < 1.29 is 14.0 Å². The number of nitrogens with zero attached hydrogens (tertiary/aromatic N) is 1. The Morgan fingerprint density at radius 3 is 2.04 bits per heavy atom. The van der Waals surface area contributed by atoms with Gasteiger partial charge in [-0.1, -0.05) is 30.3 Å². The maximum atomic E-state index is 13.8. The van der Waals surface area contributed by atoms with Crippen molar-refractivity contribution in [1.82, 2.24) is 4.90 Å². The number of carbonyl (C=O) groups excluding carboxylic acids is 2. The summed E-state index contributed by atoms with van der Waals surface area (Å²) < 4.78 is 13.8. The predicted molar refractivity (Wildman–Crippen MR) is 86.9 cm³/mol. The average molecular weight is 325 g/mol. The number of benzene rings is 2. The topological polar surface area (TPSA) is 37.4 Å². The number of rotatable bonds is 4. The molecule has 5 heteroatoms. The fraction of sp³-hybridized carbons (Fsp3) is 0.222. The molecule has 0 saturated carbocycles. The van der Waals surface area contributed by atoms with Gasteiger partial charge in [-0.05, 0) is 43.7 Å². The molecule has 0 aliphatic carbocycles. The smallest absolute Gasteiger partial charge is 0.261 e. The van der Waals surface area contributed by atoms with Gasteiger partial charge in [-0.3, -0.25) is 14.5 Å². The summed E-state index contributed by atoms with van der Waals surface area (Å²) in [6, 6.07) is 13.9. The van der Waals surface area contributed by atoms with Gasteiger partial charge >= 0.3 is 0 Å². The molecule has 1 aliphatic heterocycles. The largest absolute Gasteiger partial charge is 0.272 e. The van der Waals surface area contributed by atoms with Crippen molar-refractivity contribution >= 4 is 21.3 Å². The number of hydrogen-bond donors (Lipinski definition) is 0. The Morgan fingerprint density at radius 1 is 0.957 bits per heavy atom. The van der Waals surface area contributed by atoms with Crippen molar-refractivity contribution in [3.05, 3.63) is 71.0 Å². The normalized spacial score (nSPS) is 14.3. The molecule has 0 bridgehead atoms. The highest BCUT2D eigenvalue weighted by Crippen LogP contribution is 2.29. The van der Waals surface area contributed by atoms with Crippen LogP contribution in [0, 0.1) is 5.82 Å². The van der Waals surface area contributed by atoms with Crippen LogP contribution in [0.1, 0.15) is 40.1 Å². The van der Waals surface area contributed by atoms with E-state index in [1.54, 1.807) is 42.5 Å². The summed E-state index contributed by atoms with van der Waals surface area (Å²) in [7, 11) is 0.211. The summed E-state index contributed by atoms with van der Waals surface area (Å²) in [4.78, 5) is 26.5. The van der Waals surface area contributed by atoms with Crippen molar-refractivity contribution in [2.45, 2.75) is 25.1 Å². The van der Waals surface area contributed by atoms with Crippen LogP contribution in [-0.4, -0.2) is 31.4 Å². The van der Waals surface area contributed by atoms with Gasteiger partial charge in [0.05, 0.1) is 20.6 Å². The highest BCUT2D eigenvalue weighted by atomic mass is 28.2. The average Bonchev–Trinajstić information content (AvgIpc) is 2.79. The molecule has 2 radical (unpaired) electrons. The molecular formula is C18H16FNO2Si. The van der Waals surface area contributed by atoms with Gasteiger partial charge in [-0.2, -0.15) is 0 Å². The Kier molecular flexibility index (Phi) is 3.89. The van der Waals surface area contributed by atoms with Gasteiger partial charge in [0.2, 0.25) is 0 Å². The van der Waals surface area contributed by atoms with Crippen LogP contribution in [0.3, 0.4) is 0 Å². The van der Waals surface area contributed by atoms with Crippen molar-refractivity contribution in [1.29, 1.82) is 0 Å². The van der Waals surface area contributed by atoms with Crippen LogP contribution >= 0.6 is 0 Å². The third-order valence-electron chi connectivity index (χ3n) is 4.02. The molecule has 0 N–H and O–H groups in total. The maximum absolute atomic E-state index is 13.8. The van der Waals surface area contributed by atoms with Crippen LogP contribution in [0.2, 0.25) is 0 Å². The minimum atomic E-state index is -0.657. The molecule has 3 rings (SSSR count). The standard InChI is InChI=1S/C18H16FNO2Si/c1-18(2,23-11-12-7-3-6-10-15(12)19)20-16(21)13-8-4-5-9-14(13)17(20)22/h3-10H,11H2,1-2H3. The van der Waals surface area contributed by atoms with Gasteiger partial charge in [0.25, 0.3) is 11.8 Å². The summed E-state index contributed by atoms with van der Waals surface area (Å²) in [5.41, 5.74) is 1.50. The fourth-order valence-electron chi connectivity index (χ4n) is 2.73. The van der Waals surface area contributed by atoms with E-state index in [0.717, 1.165) is 0 Å². The first-order chi connectivity index (χ1) is 10.9. The third-order valence-corrected chi connectivity index (χ3v) is 5.67. The van der Waals surface area contributed by atoms with Gasteiger partial charge in [0.1, 0.15) is 5.82 Å². The third kappa shape index (κ3) is 2.72. The number of halogens is 1. The van der Waals surface area contributed by atoms with Crippen molar-refractivity contribution in [2.24, 2.45) is 0 Å². The van der Waals surface area contributed by atoms with Gasteiger partial charge in [0.15, 0.2) is 0 Å². The van der Waals surface area contributed by atoms with Crippen molar-refractivity contribution in [2.75, 3.05) is 0 Å². The van der Waals surface area contributed by atoms with Crippen molar-refractivity contribution in [3.63, 3.8) is 0 Å². The minimum absolute atomic E-state index is 0.211. The lowest BCUT2D eigenvalue weighted by Crippen LogP contribution is -2.52. The summed E-state index contributed by atoms with van der Waals surface area (Å²) in [5, 5.41) is -0.657.